The summed E-state index contributed by atoms with van der Waals surface area (Å²) < 4.78 is 10.5. The van der Waals surface area contributed by atoms with E-state index in [0.29, 0.717) is 17.0 Å². The maximum Gasteiger partial charge on any atom is 0.347 e. The summed E-state index contributed by atoms with van der Waals surface area (Å²) in [5.41, 5.74) is 8.60. The topological polar surface area (TPSA) is 149 Å². The van der Waals surface area contributed by atoms with E-state index in [-0.39, 0.29) is 16.9 Å². The Morgan fingerprint density at radius 3 is 2.35 bits per heavy atom. The number of ether oxygens (including phenoxy) is 2. The number of carbonyl (C=O) groups excluding carboxylic acids is 4. The summed E-state index contributed by atoms with van der Waals surface area (Å²) in [7, 11) is 1.46. The molecule has 3 aromatic rings. The molecule has 0 unspecified atom stereocenters. The highest BCUT2D eigenvalue weighted by molar-refractivity contribution is 6.39. The molecule has 3 amide bonds. The number of amides is 3. The number of anilines is 1. The number of hydrogen-bond acceptors (Lipinski definition) is 7. The van der Waals surface area contributed by atoms with Crippen molar-refractivity contribution in [2.24, 2.45) is 10.8 Å². The molecule has 0 aliphatic carbocycles. The summed E-state index contributed by atoms with van der Waals surface area (Å²) in [6.45, 7) is 0. The van der Waals surface area contributed by atoms with Crippen molar-refractivity contribution in [1.82, 2.24) is 5.43 Å². The fourth-order valence-corrected chi connectivity index (χ4v) is 2.76. The van der Waals surface area contributed by atoms with Crippen LogP contribution in [0.1, 0.15) is 26.3 Å². The van der Waals surface area contributed by atoms with Crippen molar-refractivity contribution < 1.29 is 28.7 Å². The van der Waals surface area contributed by atoms with Crippen LogP contribution in [0.4, 0.5) is 5.69 Å². The summed E-state index contributed by atoms with van der Waals surface area (Å²) in [5, 5.41) is 6.11. The largest absolute Gasteiger partial charge is 0.496 e. The standard InChI is InChI=1S/C24H20N4O6/c1-33-20-8-3-2-7-19(20)24(32)34-18-6-4-5-15(13-18)14-26-28-23(31)22(30)27-17-11-9-16(10-12-17)21(25)29/h2-14H,1H3,(H2,25,29)(H,27,30)(H,28,31)/b26-14+. The highest BCUT2D eigenvalue weighted by Gasteiger charge is 2.15. The Morgan fingerprint density at radius 1 is 0.912 bits per heavy atom. The van der Waals surface area contributed by atoms with E-state index in [4.69, 9.17) is 15.2 Å². The molecule has 0 radical (unpaired) electrons. The van der Waals surface area contributed by atoms with Crippen LogP contribution in [0.25, 0.3) is 0 Å². The molecule has 0 aliphatic rings. The first-order chi connectivity index (χ1) is 16.4. The van der Waals surface area contributed by atoms with Gasteiger partial charge in [0.05, 0.1) is 13.3 Å². The number of esters is 1. The number of methoxy groups -OCH3 is 1. The second kappa shape index (κ2) is 11.0. The summed E-state index contributed by atoms with van der Waals surface area (Å²) in [6, 6.07) is 18.8. The number of carbonyl (C=O) groups is 4. The number of nitrogens with one attached hydrogen (secondary N) is 2. The zero-order chi connectivity index (χ0) is 24.5. The lowest BCUT2D eigenvalue weighted by molar-refractivity contribution is -0.136. The molecule has 3 aromatic carbocycles. The summed E-state index contributed by atoms with van der Waals surface area (Å²) in [4.78, 5) is 47.4. The zero-order valence-electron chi connectivity index (χ0n) is 18.0. The molecule has 3 rings (SSSR count). The van der Waals surface area contributed by atoms with Gasteiger partial charge in [0, 0.05) is 11.3 Å². The Morgan fingerprint density at radius 2 is 1.65 bits per heavy atom. The van der Waals surface area contributed by atoms with Gasteiger partial charge in [-0.3, -0.25) is 14.4 Å². The molecule has 0 heterocycles. The fraction of sp³-hybridized carbons (Fsp3) is 0.0417. The SMILES string of the molecule is COc1ccccc1C(=O)Oc1cccc(/C=N/NC(=O)C(=O)Nc2ccc(C(N)=O)cc2)c1. The van der Waals surface area contributed by atoms with Gasteiger partial charge in [-0.15, -0.1) is 0 Å². The summed E-state index contributed by atoms with van der Waals surface area (Å²) in [6.07, 6.45) is 1.28. The first-order valence-corrected chi connectivity index (χ1v) is 9.87. The van der Waals surface area contributed by atoms with Crippen LogP contribution in [-0.2, 0) is 9.59 Å². The fourth-order valence-electron chi connectivity index (χ4n) is 2.76. The van der Waals surface area contributed by atoms with Gasteiger partial charge in [-0.1, -0.05) is 24.3 Å². The second-order valence-electron chi connectivity index (χ2n) is 6.76. The van der Waals surface area contributed by atoms with Crippen molar-refractivity contribution >= 4 is 35.6 Å². The van der Waals surface area contributed by atoms with Gasteiger partial charge in [-0.05, 0) is 54.1 Å². The molecule has 0 aromatic heterocycles. The summed E-state index contributed by atoms with van der Waals surface area (Å²) >= 11 is 0. The predicted molar refractivity (Wildman–Crippen MR) is 124 cm³/mol. The van der Waals surface area contributed by atoms with Gasteiger partial charge in [-0.25, -0.2) is 10.2 Å². The molecule has 0 aliphatic heterocycles. The molecule has 0 fully saturated rings. The van der Waals surface area contributed by atoms with Crippen molar-refractivity contribution in [3.05, 3.63) is 89.5 Å². The van der Waals surface area contributed by atoms with Gasteiger partial charge < -0.3 is 20.5 Å². The lowest BCUT2D eigenvalue weighted by Gasteiger charge is -2.08. The maximum atomic E-state index is 12.4. The average molecular weight is 460 g/mol. The monoisotopic (exact) mass is 460 g/mol. The first kappa shape index (κ1) is 23.7. The van der Waals surface area contributed by atoms with Crippen LogP contribution >= 0.6 is 0 Å². The predicted octanol–water partition coefficient (Wildman–Crippen LogP) is 2.10. The Kier molecular flexibility index (Phi) is 7.69. The number of primary amides is 1. The molecule has 0 saturated carbocycles. The van der Waals surface area contributed by atoms with Gasteiger partial charge in [0.1, 0.15) is 17.1 Å². The smallest absolute Gasteiger partial charge is 0.347 e. The minimum atomic E-state index is -1.01. The third-order valence-electron chi connectivity index (χ3n) is 4.41. The quantitative estimate of drug-likeness (QED) is 0.162. The van der Waals surface area contributed by atoms with E-state index < -0.39 is 23.7 Å². The van der Waals surface area contributed by atoms with Gasteiger partial charge in [0.2, 0.25) is 5.91 Å². The van der Waals surface area contributed by atoms with Crippen LogP contribution in [0.3, 0.4) is 0 Å². The molecular formula is C24H20N4O6. The third-order valence-corrected chi connectivity index (χ3v) is 4.41. The van der Waals surface area contributed by atoms with Crippen LogP contribution in [-0.4, -0.2) is 37.0 Å². The Balaban J connectivity index is 1.56. The van der Waals surface area contributed by atoms with E-state index in [1.165, 1.54) is 43.7 Å². The molecule has 0 atom stereocenters. The van der Waals surface area contributed by atoms with E-state index in [2.05, 4.69) is 15.8 Å². The first-order valence-electron chi connectivity index (χ1n) is 9.87. The van der Waals surface area contributed by atoms with Crippen molar-refractivity contribution in [1.29, 1.82) is 0 Å². The molecular weight excluding hydrogens is 440 g/mol. The number of hydrogen-bond donors (Lipinski definition) is 3. The number of nitrogens with two attached hydrogens (primary N) is 1. The van der Waals surface area contributed by atoms with Gasteiger partial charge in [0.25, 0.3) is 0 Å². The minimum Gasteiger partial charge on any atom is -0.496 e. The second-order valence-corrected chi connectivity index (χ2v) is 6.76. The van der Waals surface area contributed by atoms with E-state index in [9.17, 15) is 19.2 Å². The number of rotatable bonds is 7. The van der Waals surface area contributed by atoms with Crippen LogP contribution < -0.4 is 25.9 Å². The zero-order valence-corrected chi connectivity index (χ0v) is 18.0. The van der Waals surface area contributed by atoms with Gasteiger partial charge in [-0.2, -0.15) is 5.10 Å². The van der Waals surface area contributed by atoms with Gasteiger partial charge >= 0.3 is 17.8 Å². The molecule has 172 valence electrons. The van der Waals surface area contributed by atoms with E-state index >= 15 is 0 Å². The maximum absolute atomic E-state index is 12.4. The molecule has 0 saturated heterocycles. The minimum absolute atomic E-state index is 0.253. The Hall–Kier alpha value is -4.99. The Labute approximate surface area is 194 Å². The highest BCUT2D eigenvalue weighted by atomic mass is 16.5. The third kappa shape index (κ3) is 6.26. The number of para-hydroxylation sites is 1. The number of nitrogens with zero attached hydrogens (tertiary/aromatic N) is 1. The van der Waals surface area contributed by atoms with Crippen molar-refractivity contribution in [3.8, 4) is 11.5 Å². The van der Waals surface area contributed by atoms with Crippen molar-refractivity contribution in [3.63, 3.8) is 0 Å². The molecule has 10 nitrogen and oxygen atoms in total. The summed E-state index contributed by atoms with van der Waals surface area (Å²) in [5.74, 6) is -2.53. The van der Waals surface area contributed by atoms with Crippen LogP contribution in [0.5, 0.6) is 11.5 Å². The van der Waals surface area contributed by atoms with Crippen LogP contribution in [0.15, 0.2) is 77.9 Å². The molecule has 0 bridgehead atoms. The van der Waals surface area contributed by atoms with E-state index in [1.807, 2.05) is 0 Å². The highest BCUT2D eigenvalue weighted by Crippen LogP contribution is 2.20. The lowest BCUT2D eigenvalue weighted by Crippen LogP contribution is -2.32. The Bertz CT molecular complexity index is 1250. The number of hydrazone groups is 1. The van der Waals surface area contributed by atoms with E-state index in [0.717, 1.165) is 0 Å². The van der Waals surface area contributed by atoms with Crippen LogP contribution in [0.2, 0.25) is 0 Å². The van der Waals surface area contributed by atoms with Gasteiger partial charge in [0.15, 0.2) is 0 Å². The van der Waals surface area contributed by atoms with Crippen molar-refractivity contribution in [2.45, 2.75) is 0 Å². The van der Waals surface area contributed by atoms with Crippen molar-refractivity contribution in [2.75, 3.05) is 12.4 Å². The molecule has 4 N–H and O–H groups in total. The average Bonchev–Trinajstić information content (AvgIpc) is 2.84. The lowest BCUT2D eigenvalue weighted by atomic mass is 10.2. The van der Waals surface area contributed by atoms with Crippen LogP contribution in [0, 0.1) is 0 Å². The normalized spacial score (nSPS) is 10.4. The molecule has 0 spiro atoms. The molecule has 10 heteroatoms. The number of benzene rings is 3. The van der Waals surface area contributed by atoms with E-state index in [1.54, 1.807) is 42.5 Å². The molecule has 34 heavy (non-hydrogen) atoms.